The molecule has 0 spiro atoms. The molecular formula is C16H17N3O. The van der Waals surface area contributed by atoms with Crippen molar-refractivity contribution in [1.82, 2.24) is 10.3 Å². The van der Waals surface area contributed by atoms with Crippen LogP contribution in [0.25, 0.3) is 0 Å². The molecule has 0 aliphatic rings. The predicted octanol–water partition coefficient (Wildman–Crippen LogP) is 2.83. The van der Waals surface area contributed by atoms with Gasteiger partial charge in [0.25, 0.3) is 0 Å². The highest BCUT2D eigenvalue weighted by atomic mass is 16.5. The fraction of sp³-hybridized carbons (Fsp3) is 0.250. The summed E-state index contributed by atoms with van der Waals surface area (Å²) in [6.45, 7) is 3.00. The Balaban J connectivity index is 1.89. The van der Waals surface area contributed by atoms with Crippen molar-refractivity contribution >= 4 is 0 Å². The molecule has 0 fully saturated rings. The molecule has 0 aliphatic carbocycles. The highest BCUT2D eigenvalue weighted by Gasteiger charge is 2.05. The number of pyridine rings is 1. The van der Waals surface area contributed by atoms with Crippen LogP contribution < -0.4 is 10.1 Å². The Kier molecular flexibility index (Phi) is 5.10. The second-order valence-corrected chi connectivity index (χ2v) is 4.47. The van der Waals surface area contributed by atoms with E-state index >= 15 is 0 Å². The lowest BCUT2D eigenvalue weighted by atomic mass is 10.1. The molecule has 1 aromatic heterocycles. The SMILES string of the molecule is CC(NCc1ccncc1)c1ccc(OCC#N)cc1. The van der Waals surface area contributed by atoms with Crippen LogP contribution in [0.1, 0.15) is 24.1 Å². The van der Waals surface area contributed by atoms with Crippen LogP contribution in [-0.4, -0.2) is 11.6 Å². The second-order valence-electron chi connectivity index (χ2n) is 4.47. The van der Waals surface area contributed by atoms with E-state index in [0.29, 0.717) is 0 Å². The van der Waals surface area contributed by atoms with Crippen LogP contribution in [0.4, 0.5) is 0 Å². The number of hydrogen-bond donors (Lipinski definition) is 1. The van der Waals surface area contributed by atoms with Crippen molar-refractivity contribution in [3.05, 3.63) is 59.9 Å². The maximum absolute atomic E-state index is 8.46. The van der Waals surface area contributed by atoms with E-state index in [1.807, 2.05) is 42.5 Å². The zero-order valence-electron chi connectivity index (χ0n) is 11.4. The smallest absolute Gasteiger partial charge is 0.174 e. The third-order valence-corrected chi connectivity index (χ3v) is 3.05. The van der Waals surface area contributed by atoms with E-state index in [-0.39, 0.29) is 12.6 Å². The van der Waals surface area contributed by atoms with Gasteiger partial charge in [-0.3, -0.25) is 4.98 Å². The van der Waals surface area contributed by atoms with E-state index in [9.17, 15) is 0 Å². The van der Waals surface area contributed by atoms with E-state index in [1.54, 1.807) is 12.4 Å². The normalized spacial score (nSPS) is 11.6. The summed E-state index contributed by atoms with van der Waals surface area (Å²) >= 11 is 0. The summed E-state index contributed by atoms with van der Waals surface area (Å²) in [7, 11) is 0. The standard InChI is InChI=1S/C16H17N3O/c1-13(19-12-14-6-9-18-10-7-14)15-2-4-16(5-3-15)20-11-8-17/h2-7,9-10,13,19H,11-12H2,1H3. The van der Waals surface area contributed by atoms with E-state index in [1.165, 1.54) is 11.1 Å². The molecule has 0 radical (unpaired) electrons. The van der Waals surface area contributed by atoms with Crippen LogP contribution in [0.5, 0.6) is 5.75 Å². The van der Waals surface area contributed by atoms with Crippen molar-refractivity contribution < 1.29 is 4.74 Å². The first kappa shape index (κ1) is 14.0. The molecule has 0 saturated carbocycles. The zero-order chi connectivity index (χ0) is 14.2. The van der Waals surface area contributed by atoms with Crippen LogP contribution >= 0.6 is 0 Å². The summed E-state index contributed by atoms with van der Waals surface area (Å²) in [6.07, 6.45) is 3.59. The topological polar surface area (TPSA) is 57.9 Å². The molecule has 4 heteroatoms. The van der Waals surface area contributed by atoms with Crippen LogP contribution in [0.2, 0.25) is 0 Å². The fourth-order valence-corrected chi connectivity index (χ4v) is 1.86. The van der Waals surface area contributed by atoms with Gasteiger partial charge in [0.2, 0.25) is 0 Å². The molecule has 20 heavy (non-hydrogen) atoms. The van der Waals surface area contributed by atoms with Crippen molar-refractivity contribution in [2.45, 2.75) is 19.5 Å². The summed E-state index contributed by atoms with van der Waals surface area (Å²) < 4.78 is 5.23. The average Bonchev–Trinajstić information content (AvgIpc) is 2.52. The van der Waals surface area contributed by atoms with Gasteiger partial charge in [0.05, 0.1) is 0 Å². The molecular weight excluding hydrogens is 250 g/mol. The molecule has 2 rings (SSSR count). The maximum atomic E-state index is 8.46. The van der Waals surface area contributed by atoms with Crippen LogP contribution in [-0.2, 0) is 6.54 Å². The van der Waals surface area contributed by atoms with Crippen molar-refractivity contribution in [3.63, 3.8) is 0 Å². The monoisotopic (exact) mass is 267 g/mol. The minimum absolute atomic E-state index is 0.0786. The lowest BCUT2D eigenvalue weighted by Crippen LogP contribution is -2.18. The zero-order valence-corrected chi connectivity index (χ0v) is 11.4. The highest BCUT2D eigenvalue weighted by Crippen LogP contribution is 2.17. The Morgan fingerprint density at radius 2 is 1.90 bits per heavy atom. The molecule has 2 aromatic rings. The summed E-state index contributed by atoms with van der Waals surface area (Å²) in [5, 5.41) is 11.9. The summed E-state index contributed by atoms with van der Waals surface area (Å²) in [6, 6.07) is 14.0. The lowest BCUT2D eigenvalue weighted by Gasteiger charge is -2.14. The number of hydrogen-bond acceptors (Lipinski definition) is 4. The van der Waals surface area contributed by atoms with E-state index < -0.39 is 0 Å². The second kappa shape index (κ2) is 7.27. The molecule has 0 aliphatic heterocycles. The van der Waals surface area contributed by atoms with Crippen molar-refractivity contribution in [3.8, 4) is 11.8 Å². The Labute approximate surface area is 119 Å². The van der Waals surface area contributed by atoms with Crippen LogP contribution in [0.3, 0.4) is 0 Å². The van der Waals surface area contributed by atoms with E-state index in [2.05, 4.69) is 17.2 Å². The molecule has 1 aromatic carbocycles. The molecule has 1 N–H and O–H groups in total. The number of ether oxygens (including phenoxy) is 1. The minimum atomic E-state index is 0.0786. The Morgan fingerprint density at radius 1 is 1.20 bits per heavy atom. The van der Waals surface area contributed by atoms with Gasteiger partial charge in [0.15, 0.2) is 6.61 Å². The summed E-state index contributed by atoms with van der Waals surface area (Å²) in [4.78, 5) is 4.00. The van der Waals surface area contributed by atoms with Crippen molar-refractivity contribution in [1.29, 1.82) is 5.26 Å². The first-order valence-electron chi connectivity index (χ1n) is 6.51. The number of benzene rings is 1. The molecule has 1 unspecified atom stereocenters. The van der Waals surface area contributed by atoms with E-state index in [4.69, 9.17) is 10.00 Å². The number of nitrogens with zero attached hydrogens (tertiary/aromatic N) is 2. The molecule has 0 bridgehead atoms. The first-order valence-corrected chi connectivity index (χ1v) is 6.51. The Morgan fingerprint density at radius 3 is 2.55 bits per heavy atom. The number of nitrogens with one attached hydrogen (secondary N) is 1. The highest BCUT2D eigenvalue weighted by molar-refractivity contribution is 5.29. The summed E-state index contributed by atoms with van der Waals surface area (Å²) in [5.41, 5.74) is 2.39. The minimum Gasteiger partial charge on any atom is -0.479 e. The van der Waals surface area contributed by atoms with Crippen molar-refractivity contribution in [2.24, 2.45) is 0 Å². The number of nitriles is 1. The van der Waals surface area contributed by atoms with Gasteiger partial charge in [-0.25, -0.2) is 0 Å². The van der Waals surface area contributed by atoms with E-state index in [0.717, 1.165) is 12.3 Å². The Hall–Kier alpha value is -2.38. The largest absolute Gasteiger partial charge is 0.479 e. The summed E-state index contributed by atoms with van der Waals surface area (Å²) in [5.74, 6) is 0.719. The molecule has 1 heterocycles. The van der Waals surface area contributed by atoms with Gasteiger partial charge >= 0.3 is 0 Å². The van der Waals surface area contributed by atoms with Gasteiger partial charge in [-0.1, -0.05) is 12.1 Å². The molecule has 102 valence electrons. The van der Waals surface area contributed by atoms with Gasteiger partial charge in [-0.15, -0.1) is 0 Å². The average molecular weight is 267 g/mol. The van der Waals surface area contributed by atoms with Gasteiger partial charge in [-0.05, 0) is 42.3 Å². The molecule has 1 atom stereocenters. The molecule has 4 nitrogen and oxygen atoms in total. The van der Waals surface area contributed by atoms with Gasteiger partial charge < -0.3 is 10.1 Å². The quantitative estimate of drug-likeness (QED) is 0.874. The molecule has 0 amide bonds. The number of aromatic nitrogens is 1. The lowest BCUT2D eigenvalue weighted by molar-refractivity contribution is 0.368. The maximum Gasteiger partial charge on any atom is 0.174 e. The van der Waals surface area contributed by atoms with Crippen LogP contribution in [0, 0.1) is 11.3 Å². The van der Waals surface area contributed by atoms with Crippen molar-refractivity contribution in [2.75, 3.05) is 6.61 Å². The third-order valence-electron chi connectivity index (χ3n) is 3.05. The van der Waals surface area contributed by atoms with Crippen LogP contribution in [0.15, 0.2) is 48.8 Å². The van der Waals surface area contributed by atoms with Gasteiger partial charge in [0.1, 0.15) is 11.8 Å². The molecule has 0 saturated heterocycles. The Bertz CT molecular complexity index is 561. The van der Waals surface area contributed by atoms with Gasteiger partial charge in [-0.2, -0.15) is 5.26 Å². The fourth-order valence-electron chi connectivity index (χ4n) is 1.86. The third kappa shape index (κ3) is 4.08. The number of rotatable bonds is 6. The van der Waals surface area contributed by atoms with Gasteiger partial charge in [0, 0.05) is 25.0 Å². The predicted molar refractivity (Wildman–Crippen MR) is 77.0 cm³/mol. The first-order chi connectivity index (χ1) is 9.79.